The molecule has 0 saturated carbocycles. The van der Waals surface area contributed by atoms with E-state index in [0.717, 1.165) is 10.4 Å². The van der Waals surface area contributed by atoms with Crippen LogP contribution in [-0.4, -0.2) is 11.9 Å². The molecule has 0 fully saturated rings. The average Bonchev–Trinajstić information content (AvgIpc) is 2.80. The molecule has 0 unspecified atom stereocenters. The van der Waals surface area contributed by atoms with E-state index in [-0.39, 0.29) is 5.56 Å². The highest BCUT2D eigenvalue weighted by Crippen LogP contribution is 2.29. The molecule has 0 bridgehead atoms. The molecule has 0 radical (unpaired) electrons. The van der Waals surface area contributed by atoms with E-state index in [1.54, 1.807) is 18.2 Å². The molecule has 1 aromatic carbocycles. The zero-order chi connectivity index (χ0) is 15.4. The first kappa shape index (κ1) is 15.1. The van der Waals surface area contributed by atoms with Crippen LogP contribution < -0.4 is 16.8 Å². The number of urea groups is 1. The minimum absolute atomic E-state index is 0.231. The summed E-state index contributed by atoms with van der Waals surface area (Å²) in [6.07, 6.45) is 3.67. The van der Waals surface area contributed by atoms with Crippen LogP contribution in [0.1, 0.15) is 20.8 Å². The number of anilines is 1. The summed E-state index contributed by atoms with van der Waals surface area (Å²) in [6.45, 7) is 0. The predicted molar refractivity (Wildman–Crippen MR) is 86.4 cm³/mol. The van der Waals surface area contributed by atoms with Gasteiger partial charge in [-0.15, -0.1) is 11.3 Å². The summed E-state index contributed by atoms with van der Waals surface area (Å²) in [5.41, 5.74) is 11.5. The van der Waals surface area contributed by atoms with Crippen LogP contribution >= 0.6 is 22.9 Å². The van der Waals surface area contributed by atoms with Crippen LogP contribution in [0.3, 0.4) is 0 Å². The molecule has 5 nitrogen and oxygen atoms in total. The molecular weight excluding hydrogens is 310 g/mol. The van der Waals surface area contributed by atoms with E-state index in [0.29, 0.717) is 10.0 Å². The van der Waals surface area contributed by atoms with Crippen molar-refractivity contribution in [3.05, 3.63) is 51.4 Å². The molecule has 21 heavy (non-hydrogen) atoms. The molecule has 1 heterocycles. The summed E-state index contributed by atoms with van der Waals surface area (Å²) in [4.78, 5) is 23.0. The van der Waals surface area contributed by atoms with Crippen LogP contribution in [0.25, 0.3) is 12.2 Å². The molecule has 7 heteroatoms. The number of nitrogens with two attached hydrogens (primary N) is 2. The van der Waals surface area contributed by atoms with Gasteiger partial charge in [0.05, 0.1) is 5.56 Å². The molecule has 2 rings (SSSR count). The Morgan fingerprint density at radius 2 is 1.81 bits per heavy atom. The summed E-state index contributed by atoms with van der Waals surface area (Å²) in [6, 6.07) is 8.15. The molecule has 0 aliphatic rings. The van der Waals surface area contributed by atoms with Gasteiger partial charge in [-0.05, 0) is 29.8 Å². The summed E-state index contributed by atoms with van der Waals surface area (Å²) in [7, 11) is 0. The fourth-order valence-electron chi connectivity index (χ4n) is 1.63. The van der Waals surface area contributed by atoms with E-state index >= 15 is 0 Å². The number of amides is 3. The van der Waals surface area contributed by atoms with Crippen LogP contribution in [0.2, 0.25) is 5.02 Å². The number of rotatable bonds is 4. The van der Waals surface area contributed by atoms with E-state index in [4.69, 9.17) is 23.1 Å². The van der Waals surface area contributed by atoms with E-state index in [1.165, 1.54) is 11.3 Å². The molecule has 3 amide bonds. The summed E-state index contributed by atoms with van der Waals surface area (Å²) < 4.78 is 0. The monoisotopic (exact) mass is 321 g/mol. The molecule has 0 aliphatic heterocycles. The zero-order valence-electron chi connectivity index (χ0n) is 10.8. The topological polar surface area (TPSA) is 98.2 Å². The van der Waals surface area contributed by atoms with Gasteiger partial charge in [0.15, 0.2) is 0 Å². The van der Waals surface area contributed by atoms with Crippen molar-refractivity contribution in [3.63, 3.8) is 0 Å². The highest BCUT2D eigenvalue weighted by molar-refractivity contribution is 7.17. The van der Waals surface area contributed by atoms with Crippen LogP contribution in [0, 0.1) is 0 Å². The first-order valence-electron chi connectivity index (χ1n) is 5.89. The second kappa shape index (κ2) is 6.43. The highest BCUT2D eigenvalue weighted by Gasteiger charge is 2.13. The Labute approximate surface area is 130 Å². The Morgan fingerprint density at radius 1 is 1.14 bits per heavy atom. The van der Waals surface area contributed by atoms with Crippen LogP contribution in [0.5, 0.6) is 0 Å². The van der Waals surface area contributed by atoms with Crippen molar-refractivity contribution in [3.8, 4) is 0 Å². The lowest BCUT2D eigenvalue weighted by Crippen LogP contribution is -2.21. The van der Waals surface area contributed by atoms with Gasteiger partial charge in [-0.3, -0.25) is 10.1 Å². The third-order valence-electron chi connectivity index (χ3n) is 2.56. The van der Waals surface area contributed by atoms with Gasteiger partial charge in [0, 0.05) is 9.90 Å². The summed E-state index contributed by atoms with van der Waals surface area (Å²) >= 11 is 7.02. The van der Waals surface area contributed by atoms with Crippen molar-refractivity contribution in [1.82, 2.24) is 0 Å². The van der Waals surface area contributed by atoms with Gasteiger partial charge in [-0.2, -0.15) is 0 Å². The van der Waals surface area contributed by atoms with Crippen LogP contribution in [0.4, 0.5) is 9.80 Å². The van der Waals surface area contributed by atoms with Crippen molar-refractivity contribution in [1.29, 1.82) is 0 Å². The number of nitrogens with one attached hydrogen (secondary N) is 1. The first-order chi connectivity index (χ1) is 9.95. The Balaban J connectivity index is 2.25. The Kier molecular flexibility index (Phi) is 4.62. The van der Waals surface area contributed by atoms with Gasteiger partial charge in [-0.25, -0.2) is 4.79 Å². The van der Waals surface area contributed by atoms with Crippen LogP contribution in [-0.2, 0) is 0 Å². The van der Waals surface area contributed by atoms with Crippen LogP contribution in [0.15, 0.2) is 30.3 Å². The van der Waals surface area contributed by atoms with Gasteiger partial charge in [0.1, 0.15) is 5.00 Å². The van der Waals surface area contributed by atoms with E-state index in [1.807, 2.05) is 24.3 Å². The maximum Gasteiger partial charge on any atom is 0.317 e. The SMILES string of the molecule is NC(=O)Nc1sc(/C=C/c2ccc(Cl)cc2)cc1C(N)=O. The standard InChI is InChI=1S/C14H12ClN3O2S/c15-9-4-1-8(2-5-9)3-6-10-7-11(12(16)19)13(21-10)18-14(17)20/h1-7H,(H2,16,19)(H3,17,18,20)/b6-3+. The predicted octanol–water partition coefficient (Wildman–Crippen LogP) is 3.16. The maximum atomic E-state index is 11.3. The lowest BCUT2D eigenvalue weighted by molar-refractivity contribution is 0.100. The number of hydrogen-bond acceptors (Lipinski definition) is 3. The lowest BCUT2D eigenvalue weighted by Gasteiger charge is -1.98. The normalized spacial score (nSPS) is 10.7. The number of carbonyl (C=O) groups is 2. The molecule has 0 aliphatic carbocycles. The highest BCUT2D eigenvalue weighted by atomic mass is 35.5. The largest absolute Gasteiger partial charge is 0.366 e. The maximum absolute atomic E-state index is 11.3. The minimum atomic E-state index is -0.743. The average molecular weight is 322 g/mol. The molecule has 0 saturated heterocycles. The van der Waals surface area contributed by atoms with Gasteiger partial charge in [0.2, 0.25) is 0 Å². The van der Waals surface area contributed by atoms with Gasteiger partial charge in [-0.1, -0.05) is 29.8 Å². The Hall–Kier alpha value is -2.31. The Bertz CT molecular complexity index is 708. The Morgan fingerprint density at radius 3 is 2.38 bits per heavy atom. The molecule has 0 spiro atoms. The molecule has 1 aromatic heterocycles. The van der Waals surface area contributed by atoms with E-state index < -0.39 is 11.9 Å². The fraction of sp³-hybridized carbons (Fsp3) is 0. The van der Waals surface area contributed by atoms with Gasteiger partial charge >= 0.3 is 6.03 Å². The number of thiophene rings is 1. The van der Waals surface area contributed by atoms with E-state index in [2.05, 4.69) is 5.32 Å². The first-order valence-corrected chi connectivity index (χ1v) is 7.09. The number of primary amides is 2. The van der Waals surface area contributed by atoms with Crippen molar-refractivity contribution in [2.24, 2.45) is 11.5 Å². The quantitative estimate of drug-likeness (QED) is 0.806. The molecule has 2 aromatic rings. The summed E-state index contributed by atoms with van der Waals surface area (Å²) in [5, 5.41) is 3.38. The smallest absolute Gasteiger partial charge is 0.317 e. The van der Waals surface area contributed by atoms with E-state index in [9.17, 15) is 9.59 Å². The number of benzene rings is 1. The second-order valence-electron chi connectivity index (χ2n) is 4.13. The van der Waals surface area contributed by atoms with Gasteiger partial charge < -0.3 is 11.5 Å². The lowest BCUT2D eigenvalue weighted by atomic mass is 10.2. The molecule has 0 atom stereocenters. The second-order valence-corrected chi connectivity index (χ2v) is 5.65. The minimum Gasteiger partial charge on any atom is -0.366 e. The van der Waals surface area contributed by atoms with Crippen molar-refractivity contribution >= 4 is 52.0 Å². The number of carbonyl (C=O) groups excluding carboxylic acids is 2. The molecule has 108 valence electrons. The molecular formula is C14H12ClN3O2S. The third kappa shape index (κ3) is 4.08. The summed E-state index contributed by atoms with van der Waals surface area (Å²) in [5.74, 6) is -0.624. The fourth-order valence-corrected chi connectivity index (χ4v) is 2.73. The van der Waals surface area contributed by atoms with Crippen molar-refractivity contribution in [2.75, 3.05) is 5.32 Å². The third-order valence-corrected chi connectivity index (χ3v) is 3.83. The van der Waals surface area contributed by atoms with Crippen molar-refractivity contribution in [2.45, 2.75) is 0 Å². The number of hydrogen-bond donors (Lipinski definition) is 3. The van der Waals surface area contributed by atoms with Crippen molar-refractivity contribution < 1.29 is 9.59 Å². The van der Waals surface area contributed by atoms with Gasteiger partial charge in [0.25, 0.3) is 5.91 Å². The molecule has 5 N–H and O–H groups in total. The zero-order valence-corrected chi connectivity index (χ0v) is 12.4. The number of halogens is 1.